The highest BCUT2D eigenvalue weighted by atomic mass is 35.8. The fourth-order valence-corrected chi connectivity index (χ4v) is 3.41. The first-order valence-corrected chi connectivity index (χ1v) is 9.39. The molecule has 0 aromatic rings. The van der Waals surface area contributed by atoms with Crippen molar-refractivity contribution in [2.45, 2.75) is 38.1 Å². The Balaban J connectivity index is 2.62. The minimum atomic E-state index is -2.50. The lowest BCUT2D eigenvalue weighted by atomic mass is 9.98. The van der Waals surface area contributed by atoms with E-state index in [2.05, 4.69) is 6.08 Å². The van der Waals surface area contributed by atoms with Crippen LogP contribution in [0.4, 0.5) is 0 Å². The largest absolute Gasteiger partial charge is 0.347 e. The van der Waals surface area contributed by atoms with E-state index in [-0.39, 0.29) is 5.54 Å². The minimum absolute atomic E-state index is 0.197. The molecule has 0 bridgehead atoms. The molecule has 0 radical (unpaired) electrons. The van der Waals surface area contributed by atoms with Crippen molar-refractivity contribution in [2.75, 3.05) is 0 Å². The Kier molecular flexibility index (Phi) is 3.96. The van der Waals surface area contributed by atoms with Gasteiger partial charge >= 0.3 is 6.00 Å². The van der Waals surface area contributed by atoms with Crippen molar-refractivity contribution in [2.24, 2.45) is 0 Å². The van der Waals surface area contributed by atoms with Crippen LogP contribution in [0.2, 0.25) is 5.54 Å². The fraction of sp³-hybridized carbons (Fsp3) is 0.750. The molecule has 0 fully saturated rings. The van der Waals surface area contributed by atoms with E-state index in [1.807, 2.05) is 6.92 Å². The van der Waals surface area contributed by atoms with Gasteiger partial charge in [0.1, 0.15) is 0 Å². The molecule has 0 spiro atoms. The topological polar surface area (TPSA) is 0 Å². The molecule has 0 aliphatic heterocycles. The van der Waals surface area contributed by atoms with Crippen molar-refractivity contribution in [3.05, 3.63) is 11.6 Å². The smallest absolute Gasteiger partial charge is 0.125 e. The molecule has 4 heteroatoms. The van der Waals surface area contributed by atoms with Gasteiger partial charge in [-0.3, -0.25) is 0 Å². The number of hydrogen-bond acceptors (Lipinski definition) is 0. The van der Waals surface area contributed by atoms with E-state index in [0.717, 1.165) is 12.8 Å². The Morgan fingerprint density at radius 2 is 2.00 bits per heavy atom. The van der Waals surface area contributed by atoms with Crippen molar-refractivity contribution in [1.29, 1.82) is 0 Å². The molecule has 1 unspecified atom stereocenters. The minimum Gasteiger partial charge on any atom is -0.125 e. The number of hydrogen-bond donors (Lipinski definition) is 0. The van der Waals surface area contributed by atoms with Gasteiger partial charge in [-0.25, -0.2) is 0 Å². The third-order valence-corrected chi connectivity index (χ3v) is 6.67. The lowest BCUT2D eigenvalue weighted by molar-refractivity contribution is 0.682. The van der Waals surface area contributed by atoms with E-state index >= 15 is 0 Å². The third kappa shape index (κ3) is 2.95. The van der Waals surface area contributed by atoms with E-state index < -0.39 is 6.00 Å². The van der Waals surface area contributed by atoms with Crippen LogP contribution in [0.3, 0.4) is 0 Å². The van der Waals surface area contributed by atoms with Crippen LogP contribution in [0, 0.1) is 0 Å². The molecule has 1 aliphatic carbocycles. The van der Waals surface area contributed by atoms with E-state index in [1.165, 1.54) is 18.4 Å². The molecular weight excluding hydrogens is 231 g/mol. The van der Waals surface area contributed by atoms with Crippen molar-refractivity contribution < 1.29 is 0 Å². The van der Waals surface area contributed by atoms with E-state index in [4.69, 9.17) is 33.2 Å². The Bertz CT molecular complexity index is 183. The first-order chi connectivity index (χ1) is 5.52. The van der Waals surface area contributed by atoms with Crippen LogP contribution in [0.25, 0.3) is 0 Å². The number of halogens is 3. The highest BCUT2D eigenvalue weighted by molar-refractivity contribution is 7.65. The zero-order valence-electron chi connectivity index (χ0n) is 7.12. The van der Waals surface area contributed by atoms with Crippen LogP contribution < -0.4 is 0 Å². The summed E-state index contributed by atoms with van der Waals surface area (Å²) >= 11 is 17.8. The maximum atomic E-state index is 5.95. The van der Waals surface area contributed by atoms with Crippen molar-refractivity contribution in [1.82, 2.24) is 0 Å². The van der Waals surface area contributed by atoms with Gasteiger partial charge in [-0.05, 0) is 25.7 Å². The summed E-state index contributed by atoms with van der Waals surface area (Å²) in [5, 5.41) is 0. The normalized spacial score (nSPS) is 21.8. The van der Waals surface area contributed by atoms with Crippen LogP contribution in [-0.2, 0) is 0 Å². The second-order valence-electron chi connectivity index (χ2n) is 3.29. The molecule has 1 aliphatic rings. The molecule has 12 heavy (non-hydrogen) atoms. The maximum Gasteiger partial charge on any atom is 0.347 e. The predicted octanol–water partition coefficient (Wildman–Crippen LogP) is 4.53. The molecule has 0 nitrogen and oxygen atoms in total. The second-order valence-corrected chi connectivity index (χ2v) is 12.3. The predicted molar refractivity (Wildman–Crippen MR) is 59.3 cm³/mol. The van der Waals surface area contributed by atoms with Crippen LogP contribution in [0.1, 0.15) is 32.6 Å². The lowest BCUT2D eigenvalue weighted by Gasteiger charge is -2.23. The summed E-state index contributed by atoms with van der Waals surface area (Å²) in [5.74, 6) is 0. The van der Waals surface area contributed by atoms with Crippen molar-refractivity contribution in [3.63, 3.8) is 0 Å². The monoisotopic (exact) mass is 242 g/mol. The summed E-state index contributed by atoms with van der Waals surface area (Å²) in [5.41, 5.74) is 1.57. The van der Waals surface area contributed by atoms with Gasteiger partial charge in [0, 0.05) is 5.54 Å². The second kappa shape index (κ2) is 4.36. The highest BCUT2D eigenvalue weighted by Crippen LogP contribution is 2.41. The standard InChI is InChI=1S/C8H13Cl3Si/c1-7(12(9,10)11)8-5-3-2-4-6-8/h5,7H,2-4,6H2,1H3. The SMILES string of the molecule is CC(C1=CCCCC1)[Si](Cl)(Cl)Cl. The Morgan fingerprint density at radius 3 is 2.42 bits per heavy atom. The van der Waals surface area contributed by atoms with Crippen LogP contribution >= 0.6 is 33.2 Å². The zero-order chi connectivity index (χ0) is 9.19. The Hall–Kier alpha value is 0.827. The molecule has 0 N–H and O–H groups in total. The van der Waals surface area contributed by atoms with Gasteiger partial charge in [-0.1, -0.05) is 18.6 Å². The van der Waals surface area contributed by atoms with Gasteiger partial charge in [-0.15, -0.1) is 33.2 Å². The van der Waals surface area contributed by atoms with Crippen LogP contribution in [-0.4, -0.2) is 6.00 Å². The van der Waals surface area contributed by atoms with Crippen LogP contribution in [0.15, 0.2) is 11.6 Å². The van der Waals surface area contributed by atoms with E-state index in [1.54, 1.807) is 0 Å². The number of allylic oxidation sites excluding steroid dienone is 2. The molecule has 70 valence electrons. The summed E-state index contributed by atoms with van der Waals surface area (Å²) in [6.07, 6.45) is 7.09. The lowest BCUT2D eigenvalue weighted by Crippen LogP contribution is -2.19. The quantitative estimate of drug-likeness (QED) is 0.380. The molecule has 0 saturated heterocycles. The molecule has 0 heterocycles. The van der Waals surface area contributed by atoms with Crippen molar-refractivity contribution >= 4 is 39.2 Å². The summed E-state index contributed by atoms with van der Waals surface area (Å²) in [4.78, 5) is 0. The fourth-order valence-electron chi connectivity index (χ4n) is 1.47. The summed E-state index contributed by atoms with van der Waals surface area (Å²) in [7, 11) is 0. The van der Waals surface area contributed by atoms with Gasteiger partial charge in [0.25, 0.3) is 0 Å². The summed E-state index contributed by atoms with van der Waals surface area (Å²) < 4.78 is 0. The van der Waals surface area contributed by atoms with Gasteiger partial charge in [0.05, 0.1) is 0 Å². The van der Waals surface area contributed by atoms with E-state index in [0.29, 0.717) is 0 Å². The molecule has 0 amide bonds. The third-order valence-electron chi connectivity index (χ3n) is 2.37. The molecule has 0 aromatic carbocycles. The Labute approximate surface area is 89.0 Å². The highest BCUT2D eigenvalue weighted by Gasteiger charge is 2.35. The van der Waals surface area contributed by atoms with Crippen LogP contribution in [0.5, 0.6) is 0 Å². The first-order valence-electron chi connectivity index (χ1n) is 4.27. The van der Waals surface area contributed by atoms with Gasteiger partial charge in [0.2, 0.25) is 0 Å². The maximum absolute atomic E-state index is 5.95. The number of rotatable bonds is 2. The first kappa shape index (κ1) is 10.9. The molecule has 1 atom stereocenters. The van der Waals surface area contributed by atoms with Gasteiger partial charge in [-0.2, -0.15) is 0 Å². The molecular formula is C8H13Cl3Si. The zero-order valence-corrected chi connectivity index (χ0v) is 10.4. The average Bonchev–Trinajstić information content (AvgIpc) is 2.03. The summed E-state index contributed by atoms with van der Waals surface area (Å²) in [6, 6.07) is -2.50. The summed E-state index contributed by atoms with van der Waals surface area (Å²) in [6.45, 7) is 2.04. The Morgan fingerprint density at radius 1 is 1.33 bits per heavy atom. The molecule has 1 rings (SSSR count). The van der Waals surface area contributed by atoms with E-state index in [9.17, 15) is 0 Å². The molecule has 0 saturated carbocycles. The van der Waals surface area contributed by atoms with Crippen molar-refractivity contribution in [3.8, 4) is 0 Å². The van der Waals surface area contributed by atoms with Gasteiger partial charge in [0.15, 0.2) is 0 Å². The van der Waals surface area contributed by atoms with Gasteiger partial charge < -0.3 is 0 Å². The average molecular weight is 244 g/mol. The molecule has 0 aromatic heterocycles.